The van der Waals surface area contributed by atoms with Crippen molar-refractivity contribution in [2.24, 2.45) is 12.0 Å². The number of amides is 3. The molecule has 0 bridgehead atoms. The van der Waals surface area contributed by atoms with E-state index < -0.39 is 12.1 Å². The van der Waals surface area contributed by atoms with Crippen LogP contribution in [0.4, 0.5) is 10.5 Å². The number of piperidine rings is 1. The Morgan fingerprint density at radius 2 is 1.76 bits per heavy atom. The number of aromatic nitrogens is 1. The molecule has 0 radical (unpaired) electrons. The van der Waals surface area contributed by atoms with Gasteiger partial charge in [0.25, 0.3) is 0 Å². The summed E-state index contributed by atoms with van der Waals surface area (Å²) in [4.78, 5) is 34.7. The number of nitrogens with one attached hydrogen (secondary N) is 2. The average Bonchev–Trinajstić information content (AvgIpc) is 3.25. The van der Waals surface area contributed by atoms with Crippen LogP contribution in [0, 0.1) is 0 Å². The number of carbonyl (C=O) groups is 2. The molecule has 0 aliphatic carbocycles. The SMILES string of the molecule is CN=c1sc(C2CCN(C(=O)[C@H](NC(=O)Nc3ccc(Cl)cc3)c3ccccc3)CC2)cn1C. The second kappa shape index (κ2) is 10.9. The molecule has 3 amide bonds. The Kier molecular flexibility index (Phi) is 7.70. The number of anilines is 1. The van der Waals surface area contributed by atoms with Crippen molar-refractivity contribution < 1.29 is 9.59 Å². The highest BCUT2D eigenvalue weighted by Crippen LogP contribution is 2.31. The first-order chi connectivity index (χ1) is 16.4. The first-order valence-electron chi connectivity index (χ1n) is 11.2. The molecule has 2 heterocycles. The molecule has 3 aromatic rings. The minimum absolute atomic E-state index is 0.100. The minimum atomic E-state index is -0.768. The number of carbonyl (C=O) groups excluding carboxylic acids is 2. The fourth-order valence-corrected chi connectivity index (χ4v) is 5.41. The topological polar surface area (TPSA) is 78.7 Å². The van der Waals surface area contributed by atoms with Crippen LogP contribution in [0.5, 0.6) is 0 Å². The van der Waals surface area contributed by atoms with Gasteiger partial charge in [0, 0.05) is 49.0 Å². The monoisotopic (exact) mass is 497 g/mol. The highest BCUT2D eigenvalue weighted by Gasteiger charge is 2.31. The van der Waals surface area contributed by atoms with Gasteiger partial charge in [0.05, 0.1) is 0 Å². The molecule has 1 fully saturated rings. The van der Waals surface area contributed by atoms with Gasteiger partial charge in [0.2, 0.25) is 5.91 Å². The zero-order valence-electron chi connectivity index (χ0n) is 19.2. The summed E-state index contributed by atoms with van der Waals surface area (Å²) in [5.74, 6) is 0.309. The normalized spacial score (nSPS) is 15.7. The van der Waals surface area contributed by atoms with Crippen LogP contribution in [0.1, 0.15) is 35.2 Å². The summed E-state index contributed by atoms with van der Waals surface area (Å²) in [6, 6.07) is 15.0. The van der Waals surface area contributed by atoms with Gasteiger partial charge in [-0.1, -0.05) is 41.9 Å². The van der Waals surface area contributed by atoms with E-state index in [1.807, 2.05) is 46.8 Å². The maximum absolute atomic E-state index is 13.5. The Balaban J connectivity index is 1.44. The van der Waals surface area contributed by atoms with Crippen LogP contribution < -0.4 is 15.4 Å². The van der Waals surface area contributed by atoms with E-state index in [0.717, 1.165) is 23.2 Å². The van der Waals surface area contributed by atoms with Crippen LogP contribution in [0.3, 0.4) is 0 Å². The van der Waals surface area contributed by atoms with Crippen LogP contribution in [-0.4, -0.2) is 41.5 Å². The van der Waals surface area contributed by atoms with E-state index in [2.05, 4.69) is 21.8 Å². The quantitative estimate of drug-likeness (QED) is 0.542. The number of urea groups is 1. The Morgan fingerprint density at radius 3 is 2.38 bits per heavy atom. The van der Waals surface area contributed by atoms with Crippen molar-refractivity contribution in [1.29, 1.82) is 0 Å². The van der Waals surface area contributed by atoms with Crippen molar-refractivity contribution in [3.8, 4) is 0 Å². The number of halogens is 1. The van der Waals surface area contributed by atoms with Gasteiger partial charge in [0.15, 0.2) is 4.80 Å². The van der Waals surface area contributed by atoms with Crippen molar-refractivity contribution in [3.05, 3.63) is 81.1 Å². The minimum Gasteiger partial charge on any atom is -0.341 e. The molecular formula is C25H28ClN5O2S. The van der Waals surface area contributed by atoms with Gasteiger partial charge < -0.3 is 20.1 Å². The van der Waals surface area contributed by atoms with E-state index in [0.29, 0.717) is 29.7 Å². The number of rotatable bonds is 5. The largest absolute Gasteiger partial charge is 0.341 e. The van der Waals surface area contributed by atoms with Crippen molar-refractivity contribution in [3.63, 3.8) is 0 Å². The predicted octanol–water partition coefficient (Wildman–Crippen LogP) is 4.54. The van der Waals surface area contributed by atoms with E-state index >= 15 is 0 Å². The van der Waals surface area contributed by atoms with Gasteiger partial charge in [-0.25, -0.2) is 4.79 Å². The molecule has 2 aromatic carbocycles. The van der Waals surface area contributed by atoms with E-state index in [4.69, 9.17) is 11.6 Å². The summed E-state index contributed by atoms with van der Waals surface area (Å²) in [6.07, 6.45) is 3.91. The molecular weight excluding hydrogens is 470 g/mol. The zero-order chi connectivity index (χ0) is 24.1. The number of benzene rings is 2. The first-order valence-corrected chi connectivity index (χ1v) is 12.4. The molecule has 1 aromatic heterocycles. The Bertz CT molecular complexity index is 1200. The van der Waals surface area contributed by atoms with Crippen LogP contribution in [-0.2, 0) is 11.8 Å². The third-order valence-corrected chi connectivity index (χ3v) is 7.57. The Morgan fingerprint density at radius 1 is 1.09 bits per heavy atom. The smallest absolute Gasteiger partial charge is 0.320 e. The summed E-state index contributed by atoms with van der Waals surface area (Å²) in [5, 5.41) is 6.23. The Hall–Kier alpha value is -3.10. The molecule has 1 saturated heterocycles. The number of aryl methyl sites for hydroxylation is 1. The van der Waals surface area contributed by atoms with Crippen LogP contribution in [0.25, 0.3) is 0 Å². The molecule has 0 spiro atoms. The molecule has 0 unspecified atom stereocenters. The maximum Gasteiger partial charge on any atom is 0.320 e. The van der Waals surface area contributed by atoms with E-state index in [9.17, 15) is 9.59 Å². The van der Waals surface area contributed by atoms with Crippen LogP contribution >= 0.6 is 22.9 Å². The van der Waals surface area contributed by atoms with Crippen molar-refractivity contribution in [1.82, 2.24) is 14.8 Å². The van der Waals surface area contributed by atoms with E-state index in [1.54, 1.807) is 42.6 Å². The molecule has 7 nitrogen and oxygen atoms in total. The van der Waals surface area contributed by atoms with Gasteiger partial charge in [-0.05, 0) is 48.6 Å². The zero-order valence-corrected chi connectivity index (χ0v) is 20.8. The van der Waals surface area contributed by atoms with Crippen LogP contribution in [0.15, 0.2) is 65.8 Å². The van der Waals surface area contributed by atoms with Crippen molar-refractivity contribution in [2.75, 3.05) is 25.5 Å². The number of likely N-dealkylation sites (tertiary alicyclic amines) is 1. The molecule has 0 saturated carbocycles. The lowest BCUT2D eigenvalue weighted by molar-refractivity contribution is -0.134. The van der Waals surface area contributed by atoms with Gasteiger partial charge in [-0.15, -0.1) is 11.3 Å². The molecule has 9 heteroatoms. The molecule has 34 heavy (non-hydrogen) atoms. The van der Waals surface area contributed by atoms with Gasteiger partial charge in [-0.3, -0.25) is 9.79 Å². The van der Waals surface area contributed by atoms with E-state index in [-0.39, 0.29) is 5.91 Å². The predicted molar refractivity (Wildman–Crippen MR) is 136 cm³/mol. The van der Waals surface area contributed by atoms with Gasteiger partial charge in [0.1, 0.15) is 6.04 Å². The van der Waals surface area contributed by atoms with Gasteiger partial charge in [-0.2, -0.15) is 0 Å². The third-order valence-electron chi connectivity index (χ3n) is 5.99. The fraction of sp³-hybridized carbons (Fsp3) is 0.320. The first kappa shape index (κ1) is 24.0. The average molecular weight is 498 g/mol. The Labute approximate surface area is 208 Å². The molecule has 1 atom stereocenters. The summed E-state index contributed by atoms with van der Waals surface area (Å²) in [7, 11) is 3.81. The summed E-state index contributed by atoms with van der Waals surface area (Å²) in [5.41, 5.74) is 1.35. The number of nitrogens with zero attached hydrogens (tertiary/aromatic N) is 3. The molecule has 1 aliphatic rings. The summed E-state index contributed by atoms with van der Waals surface area (Å²) in [6.45, 7) is 1.29. The highest BCUT2D eigenvalue weighted by molar-refractivity contribution is 7.09. The second-order valence-corrected chi connectivity index (χ2v) is 9.78. The lowest BCUT2D eigenvalue weighted by Crippen LogP contribution is -2.46. The van der Waals surface area contributed by atoms with Gasteiger partial charge >= 0.3 is 6.03 Å². The number of hydrogen-bond acceptors (Lipinski definition) is 4. The summed E-state index contributed by atoms with van der Waals surface area (Å²) >= 11 is 7.63. The lowest BCUT2D eigenvalue weighted by atomic mass is 9.94. The highest BCUT2D eigenvalue weighted by atomic mass is 35.5. The summed E-state index contributed by atoms with van der Waals surface area (Å²) < 4.78 is 2.05. The molecule has 1 aliphatic heterocycles. The molecule has 178 valence electrons. The standard InChI is InChI=1S/C25H28ClN5O2S/c1-27-25-30(2)16-21(34-25)17-12-14-31(15-13-17)23(32)22(18-6-4-3-5-7-18)29-24(33)28-20-10-8-19(26)9-11-20/h3-11,16-17,22H,12-15H2,1-2H3,(H2,28,29,33)/t22-/m1/s1. The van der Waals surface area contributed by atoms with Crippen molar-refractivity contribution in [2.45, 2.75) is 24.8 Å². The fourth-order valence-electron chi connectivity index (χ4n) is 4.17. The number of thiazole rings is 1. The lowest BCUT2D eigenvalue weighted by Gasteiger charge is -2.34. The molecule has 4 rings (SSSR count). The molecule has 2 N–H and O–H groups in total. The van der Waals surface area contributed by atoms with E-state index in [1.165, 1.54) is 4.88 Å². The second-order valence-electron chi connectivity index (χ2n) is 8.30. The maximum atomic E-state index is 13.5. The van der Waals surface area contributed by atoms with Crippen LogP contribution in [0.2, 0.25) is 5.02 Å². The number of hydrogen-bond donors (Lipinski definition) is 2. The third kappa shape index (κ3) is 5.69. The van der Waals surface area contributed by atoms with Crippen molar-refractivity contribution >= 4 is 40.6 Å².